The number of aliphatic hydroxyl groups excluding tert-OH is 2. The van der Waals surface area contributed by atoms with Crippen LogP contribution in [0.2, 0.25) is 0 Å². The molecule has 4 saturated carbocycles. The molecule has 0 spiro atoms. The number of halogens is 1. The topological polar surface area (TPSA) is 177 Å². The molecule has 4 N–H and O–H groups in total. The molecule has 1 aliphatic heterocycles. The summed E-state index contributed by atoms with van der Waals surface area (Å²) in [7, 11) is 0. The average Bonchev–Trinajstić information content (AvgIpc) is 3.31. The van der Waals surface area contributed by atoms with Crippen LogP contribution in [-0.4, -0.2) is 85.1 Å². The Morgan fingerprint density at radius 2 is 1.50 bits per heavy atom. The summed E-state index contributed by atoms with van der Waals surface area (Å²) in [5.74, 6) is -8.23. The van der Waals surface area contributed by atoms with Crippen LogP contribution in [0.5, 0.6) is 0 Å². The van der Waals surface area contributed by atoms with Crippen LogP contribution in [0.1, 0.15) is 68.7 Å². The van der Waals surface area contributed by atoms with Gasteiger partial charge in [-0.1, -0.05) is 34.6 Å². The Kier molecular flexibility index (Phi) is 7.35. The van der Waals surface area contributed by atoms with Gasteiger partial charge in [-0.05, 0) is 49.5 Å². The van der Waals surface area contributed by atoms with E-state index < -0.39 is 122 Å². The van der Waals surface area contributed by atoms with Crippen LogP contribution < -0.4 is 0 Å². The number of fused-ring (bicyclic) bond motifs is 9. The molecule has 1 heterocycles. The number of alkyl halides is 1. The van der Waals surface area contributed by atoms with Gasteiger partial charge in [-0.3, -0.25) is 14.4 Å². The number of allylic oxidation sites excluding steroid dienone is 1. The van der Waals surface area contributed by atoms with Gasteiger partial charge in [-0.15, -0.1) is 11.6 Å². The Hall–Kier alpha value is -2.05. The van der Waals surface area contributed by atoms with Crippen LogP contribution in [-0.2, 0) is 33.4 Å². The predicted octanol–water partition coefficient (Wildman–Crippen LogP) is 2.14. The number of ketones is 1. The third-order valence-corrected chi connectivity index (χ3v) is 14.7. The molecule has 11 nitrogen and oxygen atoms in total. The summed E-state index contributed by atoms with van der Waals surface area (Å²) in [6.45, 7) is 14.7. The second kappa shape index (κ2) is 10.00. The quantitative estimate of drug-likeness (QED) is 0.193. The van der Waals surface area contributed by atoms with Gasteiger partial charge < -0.3 is 34.6 Å². The van der Waals surface area contributed by atoms with Crippen LogP contribution >= 0.6 is 11.6 Å². The van der Waals surface area contributed by atoms with Crippen LogP contribution in [0.25, 0.3) is 0 Å². The molecule has 12 heteroatoms. The molecule has 256 valence electrons. The van der Waals surface area contributed by atoms with Crippen molar-refractivity contribution in [2.75, 3.05) is 0 Å². The van der Waals surface area contributed by atoms with E-state index in [1.807, 2.05) is 20.8 Å². The monoisotopic (exact) mass is 666 g/mol. The first kappa shape index (κ1) is 33.8. The average molecular weight is 667 g/mol. The second-order valence-corrected chi connectivity index (χ2v) is 16.6. The van der Waals surface area contributed by atoms with Gasteiger partial charge in [0, 0.05) is 54.2 Å². The lowest BCUT2D eigenvalue weighted by Crippen LogP contribution is -2.79. The summed E-state index contributed by atoms with van der Waals surface area (Å²) >= 11 is 6.60. The van der Waals surface area contributed by atoms with Crippen molar-refractivity contribution in [3.63, 3.8) is 0 Å². The summed E-state index contributed by atoms with van der Waals surface area (Å²) in [5.41, 5.74) is -8.30. The van der Waals surface area contributed by atoms with E-state index in [0.29, 0.717) is 0 Å². The first-order valence-electron chi connectivity index (χ1n) is 16.3. The van der Waals surface area contributed by atoms with Crippen molar-refractivity contribution in [2.24, 2.45) is 63.6 Å². The Labute approximate surface area is 274 Å². The summed E-state index contributed by atoms with van der Waals surface area (Å²) in [4.78, 5) is 53.3. The van der Waals surface area contributed by atoms with E-state index in [4.69, 9.17) is 25.8 Å². The van der Waals surface area contributed by atoms with E-state index in [0.717, 1.165) is 0 Å². The number of Topliss-reactive ketones (excluding diaryl/α,β-unsaturated/α-hetero) is 1. The number of esters is 3. The standard InChI is InChI=1S/C34H47ClO11/c1-12-10-18-31(7,33(9,42)29(41)46-18)23-20(12)30(6)22(25(23)44-15(4)36)19-21(14(3)28(30)45-16(5)37)32(8)26(39)13(2)17(35)11-34(32,43)27(40)24(19)38/h10,12-14,17,19-26,28,38-39,42-43H,11H2,1-9H3/t12-,13+,14+,17-,19-,20+,21+,22-,23+,24-,25-,26+,28+,30-,31+,32+,33-,34+/m1/s1. The Bertz CT molecular complexity index is 1430. The molecule has 18 atom stereocenters. The summed E-state index contributed by atoms with van der Waals surface area (Å²) in [6, 6.07) is 0. The van der Waals surface area contributed by atoms with Crippen LogP contribution in [0.4, 0.5) is 0 Å². The molecule has 0 aromatic heterocycles. The van der Waals surface area contributed by atoms with Gasteiger partial charge in [0.1, 0.15) is 29.7 Å². The minimum absolute atomic E-state index is 0.196. The van der Waals surface area contributed by atoms with E-state index in [-0.39, 0.29) is 18.1 Å². The maximum absolute atomic E-state index is 14.3. The fourth-order valence-corrected chi connectivity index (χ4v) is 12.5. The van der Waals surface area contributed by atoms with Crippen molar-refractivity contribution >= 4 is 35.3 Å². The lowest BCUT2D eigenvalue weighted by atomic mass is 9.38. The van der Waals surface area contributed by atoms with Gasteiger partial charge in [-0.2, -0.15) is 0 Å². The zero-order valence-electron chi connectivity index (χ0n) is 27.8. The second-order valence-electron chi connectivity index (χ2n) is 16.0. The number of rotatable bonds is 2. The first-order valence-corrected chi connectivity index (χ1v) is 16.8. The van der Waals surface area contributed by atoms with Gasteiger partial charge in [0.2, 0.25) is 0 Å². The van der Waals surface area contributed by atoms with E-state index in [1.165, 1.54) is 20.8 Å². The van der Waals surface area contributed by atoms with Gasteiger partial charge in [0.15, 0.2) is 11.4 Å². The molecule has 6 aliphatic rings. The third-order valence-electron chi connectivity index (χ3n) is 14.2. The first-order chi connectivity index (χ1) is 21.1. The normalized spacial score (nSPS) is 57.2. The predicted molar refractivity (Wildman–Crippen MR) is 161 cm³/mol. The highest BCUT2D eigenvalue weighted by molar-refractivity contribution is 6.21. The highest BCUT2D eigenvalue weighted by Gasteiger charge is 2.83. The number of ether oxygens (including phenoxy) is 3. The van der Waals surface area contributed by atoms with E-state index in [2.05, 4.69) is 0 Å². The summed E-state index contributed by atoms with van der Waals surface area (Å²) in [5, 5.41) is 47.4. The summed E-state index contributed by atoms with van der Waals surface area (Å²) in [6.07, 6.45) is -3.46. The molecule has 0 amide bonds. The molecule has 5 aliphatic carbocycles. The minimum atomic E-state index is -2.21. The summed E-state index contributed by atoms with van der Waals surface area (Å²) < 4.78 is 18.1. The van der Waals surface area contributed by atoms with Crippen LogP contribution in [0.15, 0.2) is 11.8 Å². The number of hydrogen-bond donors (Lipinski definition) is 4. The van der Waals surface area contributed by atoms with Crippen molar-refractivity contribution < 1.29 is 53.8 Å². The molecule has 0 radical (unpaired) electrons. The number of carbonyl (C=O) groups is 4. The lowest BCUT2D eigenvalue weighted by Gasteiger charge is -2.69. The molecular weight excluding hydrogens is 620 g/mol. The maximum Gasteiger partial charge on any atom is 0.343 e. The SMILES string of the molecule is CC(=O)O[C@@H]1[C@H]2[C@H]3[C@H]([C@H](C)[C@H](OC(C)=O)[C@]2(C)[C@@H]2[C@@H]1[C@]1(C)C(=C[C@H]2C)OC(=O)[C@@]1(C)O)[C@@]1(C)[C@@H](O)[C@@H](C)[C@H](Cl)C[C@]1(O)C(=O)[C@@H]3O. The van der Waals surface area contributed by atoms with Gasteiger partial charge >= 0.3 is 17.9 Å². The van der Waals surface area contributed by atoms with Gasteiger partial charge in [-0.25, -0.2) is 4.79 Å². The number of carbonyl (C=O) groups excluding carboxylic acids is 4. The van der Waals surface area contributed by atoms with Crippen molar-refractivity contribution in [3.8, 4) is 0 Å². The van der Waals surface area contributed by atoms with Crippen molar-refractivity contribution in [1.82, 2.24) is 0 Å². The van der Waals surface area contributed by atoms with Gasteiger partial charge in [0.05, 0.1) is 11.5 Å². The van der Waals surface area contributed by atoms with E-state index in [1.54, 1.807) is 26.8 Å². The zero-order chi connectivity index (χ0) is 34.4. The largest absolute Gasteiger partial charge is 0.462 e. The number of hydrogen-bond acceptors (Lipinski definition) is 11. The molecule has 5 fully saturated rings. The minimum Gasteiger partial charge on any atom is -0.462 e. The fraction of sp³-hybridized carbons (Fsp3) is 0.824. The van der Waals surface area contributed by atoms with Crippen molar-refractivity contribution in [3.05, 3.63) is 11.8 Å². The molecule has 0 aromatic rings. The molecule has 0 aromatic carbocycles. The van der Waals surface area contributed by atoms with Crippen LogP contribution in [0.3, 0.4) is 0 Å². The highest BCUT2D eigenvalue weighted by atomic mass is 35.5. The zero-order valence-corrected chi connectivity index (χ0v) is 28.6. The number of aliphatic hydroxyl groups is 4. The molecule has 46 heavy (non-hydrogen) atoms. The molecular formula is C34H47ClO11. The molecule has 6 rings (SSSR count). The van der Waals surface area contributed by atoms with Crippen LogP contribution in [0, 0.1) is 63.6 Å². The Morgan fingerprint density at radius 1 is 0.913 bits per heavy atom. The molecule has 0 unspecified atom stereocenters. The van der Waals surface area contributed by atoms with Crippen molar-refractivity contribution in [2.45, 2.75) is 110 Å². The Balaban J connectivity index is 1.66. The smallest absolute Gasteiger partial charge is 0.343 e. The van der Waals surface area contributed by atoms with E-state index in [9.17, 15) is 39.6 Å². The maximum atomic E-state index is 14.3. The lowest BCUT2D eigenvalue weighted by molar-refractivity contribution is -0.288. The molecule has 0 bridgehead atoms. The highest BCUT2D eigenvalue weighted by Crippen LogP contribution is 2.76. The van der Waals surface area contributed by atoms with E-state index >= 15 is 0 Å². The van der Waals surface area contributed by atoms with Gasteiger partial charge in [0.25, 0.3) is 0 Å². The molecule has 1 saturated heterocycles. The third kappa shape index (κ3) is 3.64. The fourth-order valence-electron chi connectivity index (χ4n) is 12.1. The van der Waals surface area contributed by atoms with Crippen molar-refractivity contribution in [1.29, 1.82) is 0 Å². The Morgan fingerprint density at radius 3 is 2.07 bits per heavy atom.